The van der Waals surface area contributed by atoms with E-state index in [2.05, 4.69) is 20.0 Å². The Morgan fingerprint density at radius 3 is 2.54 bits per heavy atom. The number of nitrogens with two attached hydrogens (primary N) is 1. The maximum Gasteiger partial charge on any atom is 0.332 e. The summed E-state index contributed by atoms with van der Waals surface area (Å²) in [6.45, 7) is 7.88. The highest BCUT2D eigenvalue weighted by Gasteiger charge is 2.39. The number of nitrogen functional groups attached to an aromatic ring is 1. The minimum Gasteiger partial charge on any atom is -0.461 e. The summed E-state index contributed by atoms with van der Waals surface area (Å²) in [6, 6.07) is 9.16. The molecule has 0 spiro atoms. The lowest BCUT2D eigenvalue weighted by Crippen LogP contribution is -2.47. The van der Waals surface area contributed by atoms with Crippen LogP contribution in [0.15, 0.2) is 43.0 Å². The van der Waals surface area contributed by atoms with Crippen LogP contribution in [0.5, 0.6) is 0 Å². The number of carbonyl (C=O) groups is 2. The van der Waals surface area contributed by atoms with Crippen molar-refractivity contribution < 1.29 is 32.9 Å². The van der Waals surface area contributed by atoms with Crippen LogP contribution in [0.2, 0.25) is 0 Å². The number of ether oxygens (including phenoxy) is 3. The molecule has 0 amide bonds. The van der Waals surface area contributed by atoms with Gasteiger partial charge in [-0.3, -0.25) is 9.36 Å². The molecule has 0 saturated heterocycles. The van der Waals surface area contributed by atoms with Gasteiger partial charge in [-0.1, -0.05) is 30.3 Å². The SMILES string of the molecule is CC(C)OC(=O)COP(=O)(CO[C@H](C)Cn1cnc2c(N)ncnc21)NC(C)(C)C(=O)OCc1ccccc1. The van der Waals surface area contributed by atoms with Crippen molar-refractivity contribution in [3.8, 4) is 0 Å². The van der Waals surface area contributed by atoms with Gasteiger partial charge in [0.25, 0.3) is 7.52 Å². The number of nitrogens with one attached hydrogen (secondary N) is 1. The van der Waals surface area contributed by atoms with Crippen molar-refractivity contribution in [1.82, 2.24) is 24.6 Å². The van der Waals surface area contributed by atoms with E-state index in [1.54, 1.807) is 31.7 Å². The van der Waals surface area contributed by atoms with Crippen molar-refractivity contribution in [2.75, 3.05) is 18.7 Å². The molecule has 2 aromatic heterocycles. The van der Waals surface area contributed by atoms with Crippen molar-refractivity contribution in [2.24, 2.45) is 0 Å². The van der Waals surface area contributed by atoms with Gasteiger partial charge in [-0.05, 0) is 40.2 Å². The van der Waals surface area contributed by atoms with Gasteiger partial charge in [-0.15, -0.1) is 0 Å². The van der Waals surface area contributed by atoms with Crippen molar-refractivity contribution in [3.63, 3.8) is 0 Å². The topological polar surface area (TPSA) is 170 Å². The van der Waals surface area contributed by atoms with Crippen LogP contribution in [0.4, 0.5) is 5.82 Å². The first kappa shape index (κ1) is 30.2. The maximum atomic E-state index is 13.8. The van der Waals surface area contributed by atoms with E-state index < -0.39 is 44.1 Å². The summed E-state index contributed by atoms with van der Waals surface area (Å²) in [5, 5.41) is 2.74. The summed E-state index contributed by atoms with van der Waals surface area (Å²) < 4.78 is 37.4. The molecular formula is C25H35N6O7P. The van der Waals surface area contributed by atoms with E-state index >= 15 is 0 Å². The van der Waals surface area contributed by atoms with Crippen LogP contribution < -0.4 is 10.8 Å². The largest absolute Gasteiger partial charge is 0.461 e. The second kappa shape index (κ2) is 13.1. The molecule has 0 bridgehead atoms. The predicted octanol–water partition coefficient (Wildman–Crippen LogP) is 3.04. The minimum absolute atomic E-state index is 0.0388. The summed E-state index contributed by atoms with van der Waals surface area (Å²) in [7, 11) is -3.93. The van der Waals surface area contributed by atoms with Crippen molar-refractivity contribution >= 4 is 36.4 Å². The van der Waals surface area contributed by atoms with E-state index in [1.165, 1.54) is 20.2 Å². The molecule has 0 fully saturated rings. The molecule has 0 aliphatic heterocycles. The fraction of sp³-hybridized carbons (Fsp3) is 0.480. The Kier molecular flexibility index (Phi) is 10.1. The molecule has 0 radical (unpaired) electrons. The number of hydrogen-bond acceptors (Lipinski definition) is 11. The first-order valence-corrected chi connectivity index (χ1v) is 14.2. The molecule has 3 aromatic rings. The molecule has 0 saturated carbocycles. The van der Waals surface area contributed by atoms with E-state index in [4.69, 9.17) is 24.5 Å². The monoisotopic (exact) mass is 562 g/mol. The van der Waals surface area contributed by atoms with E-state index in [1.807, 2.05) is 30.3 Å². The van der Waals surface area contributed by atoms with Crippen LogP contribution in [0, 0.1) is 0 Å². The van der Waals surface area contributed by atoms with Gasteiger partial charge in [0.2, 0.25) is 0 Å². The Hall–Kier alpha value is -3.38. The third-order valence-corrected chi connectivity index (χ3v) is 7.28. The van der Waals surface area contributed by atoms with Crippen LogP contribution in [0.25, 0.3) is 11.2 Å². The highest BCUT2D eigenvalue weighted by atomic mass is 31.2. The number of esters is 2. The first-order chi connectivity index (χ1) is 18.4. The lowest BCUT2D eigenvalue weighted by molar-refractivity contribution is -0.151. The fourth-order valence-electron chi connectivity index (χ4n) is 3.52. The number of hydrogen-bond donors (Lipinski definition) is 2. The molecule has 0 aliphatic carbocycles. The molecule has 2 atom stereocenters. The Morgan fingerprint density at radius 1 is 1.13 bits per heavy atom. The summed E-state index contributed by atoms with van der Waals surface area (Å²) >= 11 is 0. The number of carbonyl (C=O) groups excluding carboxylic acids is 2. The van der Waals surface area contributed by atoms with Crippen molar-refractivity contribution in [2.45, 2.75) is 65.5 Å². The third kappa shape index (κ3) is 8.82. The normalized spacial score (nSPS) is 14.2. The summed E-state index contributed by atoms with van der Waals surface area (Å²) in [4.78, 5) is 37.3. The molecule has 13 nitrogen and oxygen atoms in total. The zero-order chi connectivity index (χ0) is 28.6. The van der Waals surface area contributed by atoms with Gasteiger partial charge < -0.3 is 29.0 Å². The molecule has 0 aliphatic rings. The van der Waals surface area contributed by atoms with Gasteiger partial charge in [-0.2, -0.15) is 0 Å². The van der Waals surface area contributed by atoms with Crippen LogP contribution in [0.1, 0.15) is 40.2 Å². The number of fused-ring (bicyclic) bond motifs is 1. The zero-order valence-electron chi connectivity index (χ0n) is 22.7. The number of rotatable bonds is 14. The second-order valence-electron chi connectivity index (χ2n) is 9.72. The van der Waals surface area contributed by atoms with Crippen LogP contribution in [-0.2, 0) is 46.0 Å². The van der Waals surface area contributed by atoms with E-state index in [0.29, 0.717) is 17.7 Å². The van der Waals surface area contributed by atoms with E-state index in [0.717, 1.165) is 5.56 Å². The predicted molar refractivity (Wildman–Crippen MR) is 143 cm³/mol. The Morgan fingerprint density at radius 2 is 1.85 bits per heavy atom. The average Bonchev–Trinajstić information content (AvgIpc) is 3.29. The van der Waals surface area contributed by atoms with Crippen LogP contribution in [-0.4, -0.2) is 62.2 Å². The van der Waals surface area contributed by atoms with Crippen molar-refractivity contribution in [3.05, 3.63) is 48.5 Å². The number of benzene rings is 1. The standard InChI is InChI=1S/C25H35N6O7P/c1-17(2)38-20(32)13-37-39(34,30-25(4,5)24(33)35-12-19-9-7-6-8-10-19)16-36-18(3)11-31-15-29-21-22(26)27-14-28-23(21)31/h6-10,14-15,17-18H,11-13,16H2,1-5H3,(H,30,34)(H2,26,27,28)/t18-,39?/m1/s1. The Bertz CT molecular complexity index is 1310. The minimum atomic E-state index is -3.93. The average molecular weight is 563 g/mol. The molecule has 14 heteroatoms. The second-order valence-corrected chi connectivity index (χ2v) is 11.8. The van der Waals surface area contributed by atoms with E-state index in [-0.39, 0.29) is 18.5 Å². The summed E-state index contributed by atoms with van der Waals surface area (Å²) in [5.41, 5.74) is 6.19. The lowest BCUT2D eigenvalue weighted by atomic mass is 10.1. The maximum absolute atomic E-state index is 13.8. The number of nitrogens with zero attached hydrogens (tertiary/aromatic N) is 4. The number of aromatic nitrogens is 4. The van der Waals surface area contributed by atoms with Gasteiger partial charge in [0.1, 0.15) is 30.3 Å². The lowest BCUT2D eigenvalue weighted by Gasteiger charge is -2.30. The zero-order valence-corrected chi connectivity index (χ0v) is 23.6. The molecule has 3 rings (SSSR count). The molecular weight excluding hydrogens is 527 g/mol. The quantitative estimate of drug-likeness (QED) is 0.218. The van der Waals surface area contributed by atoms with Gasteiger partial charge in [0.15, 0.2) is 18.1 Å². The Labute approximate surface area is 226 Å². The summed E-state index contributed by atoms with van der Waals surface area (Å²) in [6.07, 6.45) is 1.58. The highest BCUT2D eigenvalue weighted by molar-refractivity contribution is 7.56. The number of imidazole rings is 1. The van der Waals surface area contributed by atoms with Gasteiger partial charge in [0, 0.05) is 0 Å². The first-order valence-electron chi connectivity index (χ1n) is 12.3. The Balaban J connectivity index is 1.68. The van der Waals surface area contributed by atoms with Crippen molar-refractivity contribution in [1.29, 1.82) is 0 Å². The third-order valence-electron chi connectivity index (χ3n) is 5.34. The van der Waals surface area contributed by atoms with Gasteiger partial charge in [0.05, 0.1) is 25.1 Å². The van der Waals surface area contributed by atoms with Crippen LogP contribution >= 0.6 is 7.52 Å². The highest BCUT2D eigenvalue weighted by Crippen LogP contribution is 2.45. The molecule has 3 N–H and O–H groups in total. The summed E-state index contributed by atoms with van der Waals surface area (Å²) in [5.74, 6) is -1.11. The molecule has 212 valence electrons. The van der Waals surface area contributed by atoms with E-state index in [9.17, 15) is 14.2 Å². The van der Waals surface area contributed by atoms with Gasteiger partial charge in [-0.25, -0.2) is 24.8 Å². The molecule has 2 heterocycles. The van der Waals surface area contributed by atoms with Gasteiger partial charge >= 0.3 is 11.9 Å². The smallest absolute Gasteiger partial charge is 0.332 e. The fourth-order valence-corrected chi connectivity index (χ4v) is 5.43. The van der Waals surface area contributed by atoms with Crippen LogP contribution in [0.3, 0.4) is 0 Å². The molecule has 1 aromatic carbocycles. The molecule has 39 heavy (non-hydrogen) atoms. The number of anilines is 1. The molecule has 1 unspecified atom stereocenters.